The fourth-order valence-electron chi connectivity index (χ4n) is 5.83. The Balaban J connectivity index is 1.31. The van der Waals surface area contributed by atoms with E-state index in [-0.39, 0.29) is 44.0 Å². The Morgan fingerprint density at radius 2 is 1.52 bits per heavy atom. The van der Waals surface area contributed by atoms with Gasteiger partial charge in [0.15, 0.2) is 0 Å². The van der Waals surface area contributed by atoms with E-state index in [0.717, 1.165) is 30.8 Å². The molecule has 0 aromatic heterocycles. The van der Waals surface area contributed by atoms with E-state index < -0.39 is 29.8 Å². The lowest BCUT2D eigenvalue weighted by molar-refractivity contribution is -0.136. The van der Waals surface area contributed by atoms with Gasteiger partial charge in [0.2, 0.25) is 17.7 Å². The molecule has 10 nitrogen and oxygen atoms in total. The molecule has 3 N–H and O–H groups in total. The zero-order valence-corrected chi connectivity index (χ0v) is 26.4. The average molecular weight is 626 g/mol. The van der Waals surface area contributed by atoms with Crippen molar-refractivity contribution in [1.82, 2.24) is 25.8 Å². The van der Waals surface area contributed by atoms with Gasteiger partial charge in [-0.05, 0) is 54.8 Å². The van der Waals surface area contributed by atoms with Crippen molar-refractivity contribution in [2.75, 3.05) is 33.3 Å². The minimum Gasteiger partial charge on any atom is -0.491 e. The van der Waals surface area contributed by atoms with E-state index in [4.69, 9.17) is 4.74 Å². The van der Waals surface area contributed by atoms with E-state index in [9.17, 15) is 19.2 Å². The average Bonchev–Trinajstić information content (AvgIpc) is 3.07. The van der Waals surface area contributed by atoms with Crippen LogP contribution in [-0.4, -0.2) is 78.8 Å². The molecule has 2 aliphatic rings. The molecule has 4 amide bonds. The number of carbonyl (C=O) groups is 4. The first-order chi connectivity index (χ1) is 22.4. The number of hydrogen-bond donors (Lipinski definition) is 3. The molecule has 3 aromatic carbocycles. The minimum atomic E-state index is -1.19. The highest BCUT2D eigenvalue weighted by Crippen LogP contribution is 2.19. The molecule has 3 aromatic rings. The molecule has 5 rings (SSSR count). The summed E-state index contributed by atoms with van der Waals surface area (Å²) >= 11 is 0. The predicted molar refractivity (Wildman–Crippen MR) is 175 cm³/mol. The molecule has 0 aliphatic carbocycles. The van der Waals surface area contributed by atoms with Crippen molar-refractivity contribution in [2.24, 2.45) is 0 Å². The number of amides is 4. The third-order valence-electron chi connectivity index (χ3n) is 8.46. The van der Waals surface area contributed by atoms with Gasteiger partial charge in [-0.1, -0.05) is 73.2 Å². The number of ether oxygens (including phenoxy) is 1. The molecule has 0 saturated carbocycles. The highest BCUT2D eigenvalue weighted by molar-refractivity contribution is 6.01. The normalized spacial score (nSPS) is 20.0. The zero-order valence-electron chi connectivity index (χ0n) is 26.4. The van der Waals surface area contributed by atoms with Crippen molar-refractivity contribution < 1.29 is 23.9 Å². The second-order valence-corrected chi connectivity index (χ2v) is 12.0. The molecule has 0 spiro atoms. The van der Waals surface area contributed by atoms with Crippen LogP contribution in [0.5, 0.6) is 5.75 Å². The zero-order chi connectivity index (χ0) is 32.3. The quantitative estimate of drug-likeness (QED) is 0.372. The van der Waals surface area contributed by atoms with E-state index in [0.29, 0.717) is 5.75 Å². The number of benzene rings is 3. The van der Waals surface area contributed by atoms with Gasteiger partial charge in [0, 0.05) is 26.6 Å². The highest BCUT2D eigenvalue weighted by atomic mass is 16.5. The van der Waals surface area contributed by atoms with Crippen LogP contribution < -0.4 is 20.7 Å². The summed E-state index contributed by atoms with van der Waals surface area (Å²) in [5.74, 6) is -1.51. The number of likely N-dealkylation sites (N-methyl/N-ethyl adjacent to an activating group) is 1. The number of carbonyl (C=O) groups excluding carboxylic acids is 4. The van der Waals surface area contributed by atoms with Crippen LogP contribution in [0.3, 0.4) is 0 Å². The smallest absolute Gasteiger partial charge is 0.255 e. The number of para-hydroxylation sites is 1. The molecule has 1 fully saturated rings. The van der Waals surface area contributed by atoms with Crippen molar-refractivity contribution in [3.8, 4) is 5.75 Å². The SMILES string of the molecule is CN1CCOc2ccccc2C(=O)N[C@H](C(=O)NCc2ccc(CN3CCCCC3)cc2)CC(=O)N[C@@H](Cc2ccccc2)C1=O. The standard InChI is InChI=1S/C36H43N5O5/c1-40-20-21-46-32-13-7-6-12-29(32)34(43)39-30(23-33(42)38-31(36(40)45)22-26-10-4-2-5-11-26)35(44)37-24-27-14-16-28(17-15-27)25-41-18-8-3-9-19-41/h2,4-7,10-17,30-31H,3,8-9,18-25H2,1H3,(H,37,44)(H,38,42)(H,39,43)/t30-,31-/m0/s1. The van der Waals surface area contributed by atoms with Gasteiger partial charge in [0.1, 0.15) is 24.4 Å². The lowest BCUT2D eigenvalue weighted by atomic mass is 10.0. The van der Waals surface area contributed by atoms with Crippen LogP contribution in [0.25, 0.3) is 0 Å². The lowest BCUT2D eigenvalue weighted by Crippen LogP contribution is -2.53. The first kappa shape index (κ1) is 32.7. The Kier molecular flexibility index (Phi) is 11.4. The number of rotatable bonds is 7. The van der Waals surface area contributed by atoms with Gasteiger partial charge in [0.05, 0.1) is 18.5 Å². The third-order valence-corrected chi connectivity index (χ3v) is 8.46. The molecule has 0 radical (unpaired) electrons. The fraction of sp³-hybridized carbons (Fsp3) is 0.389. The van der Waals surface area contributed by atoms with Crippen molar-refractivity contribution in [3.05, 3.63) is 101 Å². The van der Waals surface area contributed by atoms with Crippen LogP contribution in [0, 0.1) is 0 Å². The van der Waals surface area contributed by atoms with Crippen LogP contribution in [0.1, 0.15) is 52.7 Å². The molecule has 10 heteroatoms. The maximum Gasteiger partial charge on any atom is 0.255 e. The first-order valence-electron chi connectivity index (χ1n) is 16.0. The van der Waals surface area contributed by atoms with Crippen LogP contribution in [0.15, 0.2) is 78.9 Å². The Morgan fingerprint density at radius 1 is 0.826 bits per heavy atom. The van der Waals surface area contributed by atoms with Gasteiger partial charge in [-0.2, -0.15) is 0 Å². The maximum absolute atomic E-state index is 13.5. The summed E-state index contributed by atoms with van der Waals surface area (Å²) in [4.78, 5) is 57.8. The van der Waals surface area contributed by atoms with E-state index in [1.54, 1.807) is 31.3 Å². The molecular formula is C36H43N5O5. The second-order valence-electron chi connectivity index (χ2n) is 12.0. The molecule has 242 valence electrons. The largest absolute Gasteiger partial charge is 0.491 e. The maximum atomic E-state index is 13.5. The number of fused-ring (bicyclic) bond motifs is 1. The van der Waals surface area contributed by atoms with Gasteiger partial charge in [0.25, 0.3) is 5.91 Å². The molecule has 46 heavy (non-hydrogen) atoms. The molecule has 0 bridgehead atoms. The molecule has 2 aliphatic heterocycles. The summed E-state index contributed by atoms with van der Waals surface area (Å²) in [6.07, 6.45) is 3.69. The van der Waals surface area contributed by atoms with E-state index in [1.807, 2.05) is 42.5 Å². The number of piperidine rings is 1. The molecule has 2 heterocycles. The molecule has 2 atom stereocenters. The van der Waals surface area contributed by atoms with Crippen molar-refractivity contribution in [1.29, 1.82) is 0 Å². The lowest BCUT2D eigenvalue weighted by Gasteiger charge is -2.27. The van der Waals surface area contributed by atoms with Crippen LogP contribution in [-0.2, 0) is 33.9 Å². The summed E-state index contributed by atoms with van der Waals surface area (Å²) < 4.78 is 5.91. The van der Waals surface area contributed by atoms with Crippen LogP contribution >= 0.6 is 0 Å². The van der Waals surface area contributed by atoms with Gasteiger partial charge in [-0.3, -0.25) is 24.1 Å². The number of likely N-dealkylation sites (tertiary alicyclic amines) is 1. The van der Waals surface area contributed by atoms with Crippen molar-refractivity contribution in [2.45, 2.75) is 57.3 Å². The van der Waals surface area contributed by atoms with Crippen LogP contribution in [0.4, 0.5) is 0 Å². The van der Waals surface area contributed by atoms with Crippen molar-refractivity contribution >= 4 is 23.6 Å². The Labute approximate surface area is 270 Å². The van der Waals surface area contributed by atoms with E-state index in [2.05, 4.69) is 33.0 Å². The predicted octanol–water partition coefficient (Wildman–Crippen LogP) is 3.06. The topological polar surface area (TPSA) is 120 Å². The molecular weight excluding hydrogens is 582 g/mol. The monoisotopic (exact) mass is 625 g/mol. The van der Waals surface area contributed by atoms with E-state index in [1.165, 1.54) is 29.7 Å². The van der Waals surface area contributed by atoms with Gasteiger partial charge >= 0.3 is 0 Å². The summed E-state index contributed by atoms with van der Waals surface area (Å²) in [7, 11) is 1.65. The number of nitrogens with one attached hydrogen (secondary N) is 3. The van der Waals surface area contributed by atoms with Crippen LogP contribution in [0.2, 0.25) is 0 Å². The summed E-state index contributed by atoms with van der Waals surface area (Å²) in [6.45, 7) is 3.76. The third kappa shape index (κ3) is 9.17. The molecule has 0 unspecified atom stereocenters. The number of hydrogen-bond acceptors (Lipinski definition) is 6. The Hall–Kier alpha value is -4.70. The molecule has 1 saturated heterocycles. The first-order valence-corrected chi connectivity index (χ1v) is 16.0. The summed E-state index contributed by atoms with van der Waals surface area (Å²) in [6, 6.07) is 22.2. The Morgan fingerprint density at radius 3 is 2.28 bits per heavy atom. The van der Waals surface area contributed by atoms with E-state index >= 15 is 0 Å². The number of nitrogens with zero attached hydrogens (tertiary/aromatic N) is 2. The van der Waals surface area contributed by atoms with Crippen molar-refractivity contribution in [3.63, 3.8) is 0 Å². The Bertz CT molecular complexity index is 1490. The fourth-order valence-corrected chi connectivity index (χ4v) is 5.83. The van der Waals surface area contributed by atoms with Gasteiger partial charge in [-0.25, -0.2) is 0 Å². The minimum absolute atomic E-state index is 0.138. The van der Waals surface area contributed by atoms with Gasteiger partial charge < -0.3 is 25.6 Å². The van der Waals surface area contributed by atoms with Gasteiger partial charge in [-0.15, -0.1) is 0 Å². The second kappa shape index (κ2) is 16.0. The summed E-state index contributed by atoms with van der Waals surface area (Å²) in [5, 5.41) is 8.45. The summed E-state index contributed by atoms with van der Waals surface area (Å²) in [5.41, 5.74) is 3.24. The highest BCUT2D eigenvalue weighted by Gasteiger charge is 2.30.